The van der Waals surface area contributed by atoms with Crippen LogP contribution in [0.2, 0.25) is 0 Å². The Morgan fingerprint density at radius 2 is 1.68 bits per heavy atom. The number of rotatable bonds is 3. The van der Waals surface area contributed by atoms with Gasteiger partial charge in [0.1, 0.15) is 23.0 Å². The van der Waals surface area contributed by atoms with Crippen LogP contribution in [0.4, 0.5) is 11.6 Å². The summed E-state index contributed by atoms with van der Waals surface area (Å²) in [7, 11) is 1.42. The summed E-state index contributed by atoms with van der Waals surface area (Å²) in [5.41, 5.74) is 0.938. The fraction of sp³-hybridized carbons (Fsp3) is 0.0833. The maximum Gasteiger partial charge on any atom is 0.342 e. The minimum Gasteiger partial charge on any atom is -0.508 e. The molecule has 0 fully saturated rings. The van der Waals surface area contributed by atoms with Crippen LogP contribution in [0.5, 0.6) is 29.0 Å². The summed E-state index contributed by atoms with van der Waals surface area (Å²) in [6.45, 7) is 0. The normalized spacial score (nSPS) is 14.4. The molecule has 0 amide bonds. The van der Waals surface area contributed by atoms with Gasteiger partial charge in [0.2, 0.25) is 12.3 Å². The van der Waals surface area contributed by atoms with Crippen molar-refractivity contribution in [2.45, 2.75) is 5.60 Å². The number of aromatic hydroxyl groups is 2. The fourth-order valence-corrected chi connectivity index (χ4v) is 4.37. The Kier molecular flexibility index (Phi) is 4.12. The predicted molar refractivity (Wildman–Crippen MR) is 117 cm³/mol. The predicted octanol–water partition coefficient (Wildman–Crippen LogP) is 3.40. The van der Waals surface area contributed by atoms with Crippen LogP contribution in [0.3, 0.4) is 0 Å². The number of methoxy groups -OCH3 is 1. The first-order valence-electron chi connectivity index (χ1n) is 10.1. The second-order valence-corrected chi connectivity index (χ2v) is 7.63. The summed E-state index contributed by atoms with van der Waals surface area (Å²) in [6.07, 6.45) is 2.44. The van der Waals surface area contributed by atoms with Crippen molar-refractivity contribution in [3.8, 4) is 29.0 Å². The average Bonchev–Trinajstić information content (AvgIpc) is 3.12. The van der Waals surface area contributed by atoms with Gasteiger partial charge in [-0.2, -0.15) is 15.0 Å². The third-order valence-electron chi connectivity index (χ3n) is 5.73. The van der Waals surface area contributed by atoms with Crippen molar-refractivity contribution >= 4 is 17.6 Å². The van der Waals surface area contributed by atoms with Gasteiger partial charge in [0.25, 0.3) is 0 Å². The lowest BCUT2D eigenvalue weighted by Crippen LogP contribution is -2.32. The van der Waals surface area contributed by atoms with Crippen LogP contribution in [-0.4, -0.2) is 38.2 Å². The zero-order valence-corrected chi connectivity index (χ0v) is 17.6. The summed E-state index contributed by atoms with van der Waals surface area (Å²) in [6, 6.07) is 14.5. The molecule has 3 N–H and O–H groups in total. The molecule has 0 aliphatic carbocycles. The molecule has 2 aliphatic heterocycles. The number of anilines is 2. The number of hydrogen-bond acceptors (Lipinski definition) is 10. The Bertz CT molecular complexity index is 1440. The average molecular weight is 455 g/mol. The number of carbonyl (C=O) groups is 1. The lowest BCUT2D eigenvalue weighted by Gasteiger charge is -2.36. The number of aromatic nitrogens is 3. The zero-order chi connectivity index (χ0) is 23.4. The molecule has 1 aromatic heterocycles. The molecule has 3 aromatic carbocycles. The van der Waals surface area contributed by atoms with Gasteiger partial charge in [-0.25, -0.2) is 4.79 Å². The molecule has 0 unspecified atom stereocenters. The Morgan fingerprint density at radius 3 is 2.35 bits per heavy atom. The van der Waals surface area contributed by atoms with E-state index in [9.17, 15) is 15.0 Å². The van der Waals surface area contributed by atoms with Crippen molar-refractivity contribution in [2.75, 3.05) is 12.4 Å². The number of phenols is 2. The molecule has 0 bridgehead atoms. The molecule has 1 spiro atoms. The molecule has 10 nitrogen and oxygen atoms in total. The van der Waals surface area contributed by atoms with E-state index in [1.165, 1.54) is 31.4 Å². The van der Waals surface area contributed by atoms with E-state index in [4.69, 9.17) is 14.2 Å². The first-order chi connectivity index (χ1) is 16.5. The number of hydrogen-bond donors (Lipinski definition) is 3. The Labute approximate surface area is 192 Å². The topological polar surface area (TPSA) is 136 Å². The summed E-state index contributed by atoms with van der Waals surface area (Å²) in [5, 5.41) is 23.1. The van der Waals surface area contributed by atoms with Crippen molar-refractivity contribution in [2.24, 2.45) is 0 Å². The van der Waals surface area contributed by atoms with Gasteiger partial charge in [-0.15, -0.1) is 0 Å². The van der Waals surface area contributed by atoms with Crippen molar-refractivity contribution in [1.29, 1.82) is 0 Å². The fourth-order valence-electron chi connectivity index (χ4n) is 4.37. The molecule has 0 saturated carbocycles. The molecular weight excluding hydrogens is 440 g/mol. The van der Waals surface area contributed by atoms with Crippen LogP contribution in [0.15, 0.2) is 54.6 Å². The zero-order valence-electron chi connectivity index (χ0n) is 17.6. The van der Waals surface area contributed by atoms with Gasteiger partial charge in [0, 0.05) is 28.8 Å². The molecule has 3 heterocycles. The van der Waals surface area contributed by atoms with Crippen LogP contribution in [0.25, 0.3) is 0 Å². The number of nitrogens with one attached hydrogen (secondary N) is 1. The van der Waals surface area contributed by atoms with Gasteiger partial charge in [0.05, 0.1) is 18.4 Å². The molecule has 6 rings (SSSR count). The van der Waals surface area contributed by atoms with Crippen LogP contribution in [0, 0.1) is 6.33 Å². The first kappa shape index (κ1) is 19.8. The Hall–Kier alpha value is -4.86. The smallest absolute Gasteiger partial charge is 0.342 e. The first-order valence-corrected chi connectivity index (χ1v) is 10.1. The lowest BCUT2D eigenvalue weighted by molar-refractivity contribution is 0.0224. The van der Waals surface area contributed by atoms with Crippen LogP contribution >= 0.6 is 0 Å². The van der Waals surface area contributed by atoms with Gasteiger partial charge in [0.15, 0.2) is 5.60 Å². The van der Waals surface area contributed by atoms with E-state index in [0.29, 0.717) is 33.9 Å². The third kappa shape index (κ3) is 2.75. The van der Waals surface area contributed by atoms with Gasteiger partial charge in [-0.05, 0) is 30.3 Å². The van der Waals surface area contributed by atoms with Crippen LogP contribution < -0.4 is 14.8 Å². The molecule has 10 heteroatoms. The minimum atomic E-state index is -1.36. The van der Waals surface area contributed by atoms with Gasteiger partial charge < -0.3 is 29.7 Å². The molecule has 4 aromatic rings. The van der Waals surface area contributed by atoms with Crippen molar-refractivity contribution < 1.29 is 29.2 Å². The summed E-state index contributed by atoms with van der Waals surface area (Å²) >= 11 is 0. The highest BCUT2D eigenvalue weighted by molar-refractivity contribution is 6.02. The van der Waals surface area contributed by atoms with Gasteiger partial charge in [-0.3, -0.25) is 0 Å². The lowest BCUT2D eigenvalue weighted by atomic mass is 9.77. The SMILES string of the molecule is COc1n[c]nc(Nc2cccc3c2C(=O)OC32c3ccc(O)cc3Oc3cc(O)ccc32)n1. The highest BCUT2D eigenvalue weighted by Crippen LogP contribution is 2.57. The largest absolute Gasteiger partial charge is 0.508 e. The molecule has 1 radical (unpaired) electrons. The molecule has 167 valence electrons. The van der Waals surface area contributed by atoms with Crippen molar-refractivity contribution in [3.63, 3.8) is 0 Å². The summed E-state index contributed by atoms with van der Waals surface area (Å²) in [5.74, 6) is 0.123. The number of esters is 1. The molecule has 2 aliphatic rings. The Morgan fingerprint density at radius 1 is 0.971 bits per heavy atom. The molecule has 0 atom stereocenters. The number of fused-ring (bicyclic) bond motifs is 6. The summed E-state index contributed by atoms with van der Waals surface area (Å²) in [4.78, 5) is 25.2. The van der Waals surface area contributed by atoms with E-state index in [0.717, 1.165) is 0 Å². The number of ether oxygens (including phenoxy) is 3. The third-order valence-corrected chi connectivity index (χ3v) is 5.73. The Balaban J connectivity index is 1.58. The quantitative estimate of drug-likeness (QED) is 0.394. The number of nitrogens with zero attached hydrogens (tertiary/aromatic N) is 3. The monoisotopic (exact) mass is 455 g/mol. The molecule has 0 saturated heterocycles. The highest BCUT2D eigenvalue weighted by Gasteiger charge is 2.54. The van der Waals surface area contributed by atoms with E-state index in [1.54, 1.807) is 30.3 Å². The highest BCUT2D eigenvalue weighted by atomic mass is 16.6. The molecular formula is C24H15N4O6. The number of benzene rings is 3. The van der Waals surface area contributed by atoms with E-state index >= 15 is 0 Å². The number of phenolic OH excluding ortho intramolecular Hbond substituents is 2. The van der Waals surface area contributed by atoms with E-state index < -0.39 is 11.6 Å². The number of carbonyl (C=O) groups excluding carboxylic acids is 1. The van der Waals surface area contributed by atoms with Crippen LogP contribution in [0.1, 0.15) is 27.0 Å². The van der Waals surface area contributed by atoms with E-state index in [-0.39, 0.29) is 29.0 Å². The second kappa shape index (κ2) is 7.07. The van der Waals surface area contributed by atoms with Gasteiger partial charge >= 0.3 is 12.0 Å². The van der Waals surface area contributed by atoms with E-state index in [2.05, 4.69) is 26.6 Å². The van der Waals surface area contributed by atoms with E-state index in [1.807, 2.05) is 0 Å². The van der Waals surface area contributed by atoms with Crippen LogP contribution in [-0.2, 0) is 10.3 Å². The maximum atomic E-state index is 13.3. The minimum absolute atomic E-state index is 0.0162. The van der Waals surface area contributed by atoms with Crippen molar-refractivity contribution in [3.05, 3.63) is 83.2 Å². The van der Waals surface area contributed by atoms with Crippen molar-refractivity contribution in [1.82, 2.24) is 15.0 Å². The standard InChI is InChI=1S/C24H15N4O6/c1-32-23-26-11-25-22(28-23)27-17-4-2-3-16-20(17)21(31)34-24(16)14-7-5-12(29)9-18(14)33-19-10-13(30)6-8-15(19)24/h2-10,29-30H,1H3,(H,25,26,27,28). The second-order valence-electron chi connectivity index (χ2n) is 7.63. The molecule has 34 heavy (non-hydrogen) atoms. The summed E-state index contributed by atoms with van der Waals surface area (Å²) < 4.78 is 17.1. The maximum absolute atomic E-state index is 13.3. The van der Waals surface area contributed by atoms with Gasteiger partial charge in [-0.1, -0.05) is 12.1 Å².